The lowest BCUT2D eigenvalue weighted by Crippen LogP contribution is -2.32. The van der Waals surface area contributed by atoms with E-state index in [2.05, 4.69) is 21.0 Å². The third kappa shape index (κ3) is 4.77. The summed E-state index contributed by atoms with van der Waals surface area (Å²) in [5, 5.41) is 4.24. The van der Waals surface area contributed by atoms with Crippen LogP contribution in [0.5, 0.6) is 0 Å². The summed E-state index contributed by atoms with van der Waals surface area (Å²) < 4.78 is 2.86. The molecule has 4 nitrogen and oxygen atoms in total. The second kappa shape index (κ2) is 8.56. The topological polar surface area (TPSA) is 38.1 Å². The molecule has 1 heterocycles. The standard InChI is InChI=1S/C20H20BrN3OS/c1-15(26-19-10-8-17(21)9-11-19)20(25)23(2)13-16-12-22-24(14-16)18-6-4-3-5-7-18/h3-12,14-15H,13H2,1-2H3. The van der Waals surface area contributed by atoms with Crippen LogP contribution in [0, 0.1) is 0 Å². The van der Waals surface area contributed by atoms with Crippen molar-refractivity contribution in [3.05, 3.63) is 77.0 Å². The van der Waals surface area contributed by atoms with E-state index in [0.717, 1.165) is 20.6 Å². The summed E-state index contributed by atoms with van der Waals surface area (Å²) in [6.07, 6.45) is 3.77. The Bertz CT molecular complexity index is 864. The molecule has 134 valence electrons. The highest BCUT2D eigenvalue weighted by molar-refractivity contribution is 9.10. The number of carbonyl (C=O) groups is 1. The SMILES string of the molecule is CC(Sc1ccc(Br)cc1)C(=O)N(C)Cc1cnn(-c2ccccc2)c1. The normalized spacial score (nSPS) is 12.0. The molecule has 0 saturated heterocycles. The highest BCUT2D eigenvalue weighted by Gasteiger charge is 2.19. The molecule has 3 rings (SSSR count). The second-order valence-corrected chi connectivity index (χ2v) is 8.37. The van der Waals surface area contributed by atoms with Gasteiger partial charge in [-0.05, 0) is 43.3 Å². The van der Waals surface area contributed by atoms with Crippen LogP contribution >= 0.6 is 27.7 Å². The smallest absolute Gasteiger partial charge is 0.235 e. The molecule has 0 fully saturated rings. The molecule has 0 aliphatic carbocycles. The maximum atomic E-state index is 12.7. The molecule has 0 saturated carbocycles. The minimum Gasteiger partial charge on any atom is -0.340 e. The lowest BCUT2D eigenvalue weighted by Gasteiger charge is -2.20. The predicted octanol–water partition coefficient (Wildman–Crippen LogP) is 4.77. The van der Waals surface area contributed by atoms with Crippen LogP contribution in [0.2, 0.25) is 0 Å². The van der Waals surface area contributed by atoms with Gasteiger partial charge in [0.2, 0.25) is 5.91 Å². The van der Waals surface area contributed by atoms with Crippen molar-refractivity contribution < 1.29 is 4.79 Å². The van der Waals surface area contributed by atoms with E-state index < -0.39 is 0 Å². The molecule has 0 radical (unpaired) electrons. The number of thioether (sulfide) groups is 1. The van der Waals surface area contributed by atoms with E-state index in [1.807, 2.05) is 85.6 Å². The summed E-state index contributed by atoms with van der Waals surface area (Å²) in [5.41, 5.74) is 2.01. The number of nitrogens with zero attached hydrogens (tertiary/aromatic N) is 3. The Balaban J connectivity index is 1.60. The Kier molecular flexibility index (Phi) is 6.16. The fraction of sp³-hybridized carbons (Fsp3) is 0.200. The fourth-order valence-electron chi connectivity index (χ4n) is 2.59. The van der Waals surface area contributed by atoms with Crippen molar-refractivity contribution in [2.45, 2.75) is 23.6 Å². The van der Waals surface area contributed by atoms with Crippen LogP contribution in [0.3, 0.4) is 0 Å². The Labute approximate surface area is 166 Å². The number of hydrogen-bond donors (Lipinski definition) is 0. The molecule has 0 N–H and O–H groups in total. The molecular formula is C20H20BrN3OS. The summed E-state index contributed by atoms with van der Waals surface area (Å²) >= 11 is 5.00. The summed E-state index contributed by atoms with van der Waals surface area (Å²) in [6, 6.07) is 17.9. The minimum absolute atomic E-state index is 0.102. The van der Waals surface area contributed by atoms with Crippen molar-refractivity contribution in [1.29, 1.82) is 0 Å². The molecule has 0 bridgehead atoms. The van der Waals surface area contributed by atoms with Crippen molar-refractivity contribution in [3.8, 4) is 5.69 Å². The van der Waals surface area contributed by atoms with Gasteiger partial charge in [0.05, 0.1) is 17.1 Å². The molecule has 1 unspecified atom stereocenters. The van der Waals surface area contributed by atoms with Gasteiger partial charge in [0.15, 0.2) is 0 Å². The van der Waals surface area contributed by atoms with Gasteiger partial charge in [-0.25, -0.2) is 4.68 Å². The molecule has 1 atom stereocenters. The largest absolute Gasteiger partial charge is 0.340 e. The Morgan fingerprint density at radius 3 is 2.58 bits per heavy atom. The van der Waals surface area contributed by atoms with Gasteiger partial charge in [-0.15, -0.1) is 11.8 Å². The number of hydrogen-bond acceptors (Lipinski definition) is 3. The van der Waals surface area contributed by atoms with Crippen molar-refractivity contribution in [1.82, 2.24) is 14.7 Å². The minimum atomic E-state index is -0.148. The zero-order valence-electron chi connectivity index (χ0n) is 14.7. The van der Waals surface area contributed by atoms with Crippen molar-refractivity contribution in [2.24, 2.45) is 0 Å². The van der Waals surface area contributed by atoms with E-state index in [0.29, 0.717) is 6.54 Å². The van der Waals surface area contributed by atoms with Crippen LogP contribution in [0.1, 0.15) is 12.5 Å². The van der Waals surface area contributed by atoms with E-state index in [9.17, 15) is 4.79 Å². The van der Waals surface area contributed by atoms with Gasteiger partial charge in [0.25, 0.3) is 0 Å². The highest BCUT2D eigenvalue weighted by Crippen LogP contribution is 2.26. The van der Waals surface area contributed by atoms with E-state index in [-0.39, 0.29) is 11.2 Å². The first-order valence-electron chi connectivity index (χ1n) is 8.29. The van der Waals surface area contributed by atoms with E-state index in [1.54, 1.807) is 16.7 Å². The number of amides is 1. The van der Waals surface area contributed by atoms with Gasteiger partial charge in [0.1, 0.15) is 0 Å². The molecule has 2 aromatic carbocycles. The van der Waals surface area contributed by atoms with E-state index >= 15 is 0 Å². The number of para-hydroxylation sites is 1. The zero-order valence-corrected chi connectivity index (χ0v) is 17.1. The number of halogens is 1. The predicted molar refractivity (Wildman–Crippen MR) is 109 cm³/mol. The van der Waals surface area contributed by atoms with Crippen LogP contribution < -0.4 is 0 Å². The van der Waals surface area contributed by atoms with Crippen LogP contribution in [-0.4, -0.2) is 32.9 Å². The van der Waals surface area contributed by atoms with Crippen molar-refractivity contribution >= 4 is 33.6 Å². The summed E-state index contributed by atoms with van der Waals surface area (Å²) in [7, 11) is 1.83. The summed E-state index contributed by atoms with van der Waals surface area (Å²) in [4.78, 5) is 15.5. The number of benzene rings is 2. The first-order chi connectivity index (χ1) is 12.5. The van der Waals surface area contributed by atoms with Crippen LogP contribution in [-0.2, 0) is 11.3 Å². The molecule has 3 aromatic rings. The number of aromatic nitrogens is 2. The van der Waals surface area contributed by atoms with E-state index in [1.165, 1.54) is 0 Å². The quantitative estimate of drug-likeness (QED) is 0.529. The average Bonchev–Trinajstić information content (AvgIpc) is 3.12. The third-order valence-corrected chi connectivity index (χ3v) is 5.56. The first-order valence-corrected chi connectivity index (χ1v) is 9.96. The fourth-order valence-corrected chi connectivity index (χ4v) is 3.84. The molecule has 0 spiro atoms. The molecule has 26 heavy (non-hydrogen) atoms. The Morgan fingerprint density at radius 1 is 1.19 bits per heavy atom. The maximum Gasteiger partial charge on any atom is 0.235 e. The van der Waals surface area contributed by atoms with Gasteiger partial charge in [-0.1, -0.05) is 34.1 Å². The van der Waals surface area contributed by atoms with Gasteiger partial charge in [-0.3, -0.25) is 4.79 Å². The Morgan fingerprint density at radius 2 is 1.88 bits per heavy atom. The van der Waals surface area contributed by atoms with E-state index in [4.69, 9.17) is 0 Å². The Hall–Kier alpha value is -2.05. The van der Waals surface area contributed by atoms with Crippen LogP contribution in [0.15, 0.2) is 76.4 Å². The maximum absolute atomic E-state index is 12.7. The monoisotopic (exact) mass is 429 g/mol. The first kappa shape index (κ1) is 18.7. The third-order valence-electron chi connectivity index (χ3n) is 3.93. The van der Waals surface area contributed by atoms with Crippen molar-refractivity contribution in [2.75, 3.05) is 7.05 Å². The van der Waals surface area contributed by atoms with Gasteiger partial charge < -0.3 is 4.90 Å². The number of carbonyl (C=O) groups excluding carboxylic acids is 1. The van der Waals surface area contributed by atoms with Crippen LogP contribution in [0.25, 0.3) is 5.69 Å². The summed E-state index contributed by atoms with van der Waals surface area (Å²) in [5.74, 6) is 0.102. The molecule has 0 aliphatic rings. The lowest BCUT2D eigenvalue weighted by atomic mass is 10.3. The number of rotatable bonds is 6. The molecule has 0 aliphatic heterocycles. The molecule has 1 aromatic heterocycles. The average molecular weight is 430 g/mol. The van der Waals surface area contributed by atoms with Crippen molar-refractivity contribution in [3.63, 3.8) is 0 Å². The summed E-state index contributed by atoms with van der Waals surface area (Å²) in [6.45, 7) is 2.48. The molecular weight excluding hydrogens is 410 g/mol. The van der Waals surface area contributed by atoms with Gasteiger partial charge in [0, 0.05) is 34.7 Å². The zero-order chi connectivity index (χ0) is 18.5. The van der Waals surface area contributed by atoms with Gasteiger partial charge >= 0.3 is 0 Å². The highest BCUT2D eigenvalue weighted by atomic mass is 79.9. The second-order valence-electron chi connectivity index (χ2n) is 6.04. The molecule has 6 heteroatoms. The lowest BCUT2D eigenvalue weighted by molar-refractivity contribution is -0.129. The molecule has 1 amide bonds. The van der Waals surface area contributed by atoms with Gasteiger partial charge in [-0.2, -0.15) is 5.10 Å². The van der Waals surface area contributed by atoms with Crippen LogP contribution in [0.4, 0.5) is 0 Å².